The van der Waals surface area contributed by atoms with Crippen molar-refractivity contribution in [1.29, 1.82) is 0 Å². The lowest BCUT2D eigenvalue weighted by molar-refractivity contribution is -0.918. The van der Waals surface area contributed by atoms with Crippen LogP contribution in [0.4, 0.5) is 5.69 Å². The van der Waals surface area contributed by atoms with Gasteiger partial charge in [-0.05, 0) is 55.2 Å². The summed E-state index contributed by atoms with van der Waals surface area (Å²) in [6.07, 6.45) is 4.15. The number of hydrogen-bond acceptors (Lipinski definition) is 1. The summed E-state index contributed by atoms with van der Waals surface area (Å²) in [6.45, 7) is 4.52. The molecule has 0 aliphatic carbocycles. The maximum absolute atomic E-state index is 5.37. The minimum atomic E-state index is 0.639. The Morgan fingerprint density at radius 1 is 1.00 bits per heavy atom. The SMILES string of the molecule is S=C(NCc1ccc(C[NH+]2CCCCC2)cc1)Nc1cccc(Br)c1. The van der Waals surface area contributed by atoms with E-state index in [9.17, 15) is 0 Å². The van der Waals surface area contributed by atoms with Crippen LogP contribution in [0.2, 0.25) is 0 Å². The Morgan fingerprint density at radius 2 is 1.72 bits per heavy atom. The van der Waals surface area contributed by atoms with Crippen molar-refractivity contribution in [2.24, 2.45) is 0 Å². The van der Waals surface area contributed by atoms with Gasteiger partial charge in [-0.1, -0.05) is 46.3 Å². The number of quaternary nitrogens is 1. The average molecular weight is 419 g/mol. The fourth-order valence-corrected chi connectivity index (χ4v) is 3.81. The molecule has 1 fully saturated rings. The van der Waals surface area contributed by atoms with E-state index in [1.165, 1.54) is 43.5 Å². The highest BCUT2D eigenvalue weighted by Crippen LogP contribution is 2.15. The lowest BCUT2D eigenvalue weighted by Crippen LogP contribution is -3.11. The number of halogens is 1. The molecule has 2 aromatic rings. The summed E-state index contributed by atoms with van der Waals surface area (Å²) in [6, 6.07) is 16.9. The van der Waals surface area contributed by atoms with E-state index in [1.807, 2.05) is 24.3 Å². The van der Waals surface area contributed by atoms with Gasteiger partial charge >= 0.3 is 0 Å². The molecule has 0 aromatic heterocycles. The molecule has 1 heterocycles. The summed E-state index contributed by atoms with van der Waals surface area (Å²) in [4.78, 5) is 1.72. The van der Waals surface area contributed by atoms with E-state index in [0.29, 0.717) is 5.11 Å². The molecule has 0 atom stereocenters. The molecular weight excluding hydrogens is 394 g/mol. The van der Waals surface area contributed by atoms with Gasteiger partial charge in [0.2, 0.25) is 0 Å². The normalized spacial score (nSPS) is 14.9. The van der Waals surface area contributed by atoms with Gasteiger partial charge in [-0.15, -0.1) is 0 Å². The van der Waals surface area contributed by atoms with Crippen LogP contribution in [0, 0.1) is 0 Å². The van der Waals surface area contributed by atoms with E-state index in [-0.39, 0.29) is 0 Å². The largest absolute Gasteiger partial charge is 0.358 e. The highest BCUT2D eigenvalue weighted by molar-refractivity contribution is 9.10. The minimum absolute atomic E-state index is 0.639. The zero-order valence-electron chi connectivity index (χ0n) is 14.4. The van der Waals surface area contributed by atoms with E-state index in [0.717, 1.165) is 23.2 Å². The summed E-state index contributed by atoms with van der Waals surface area (Å²) >= 11 is 8.84. The van der Waals surface area contributed by atoms with Gasteiger partial charge in [0, 0.05) is 22.3 Å². The van der Waals surface area contributed by atoms with Gasteiger partial charge in [-0.25, -0.2) is 0 Å². The molecule has 0 spiro atoms. The Bertz CT molecular complexity index is 696. The molecule has 0 saturated carbocycles. The second-order valence-corrected chi connectivity index (χ2v) is 7.95. The first-order valence-electron chi connectivity index (χ1n) is 8.91. The van der Waals surface area contributed by atoms with Crippen LogP contribution in [0.5, 0.6) is 0 Å². The van der Waals surface area contributed by atoms with E-state index >= 15 is 0 Å². The van der Waals surface area contributed by atoms with Gasteiger partial charge in [0.15, 0.2) is 5.11 Å². The van der Waals surface area contributed by atoms with E-state index in [1.54, 1.807) is 4.90 Å². The quantitative estimate of drug-likeness (QED) is 0.648. The van der Waals surface area contributed by atoms with Crippen molar-refractivity contribution in [3.05, 3.63) is 64.1 Å². The second-order valence-electron chi connectivity index (χ2n) is 6.62. The fraction of sp³-hybridized carbons (Fsp3) is 0.350. The number of likely N-dealkylation sites (tertiary alicyclic amines) is 1. The maximum atomic E-state index is 5.37. The molecule has 3 N–H and O–H groups in total. The topological polar surface area (TPSA) is 28.5 Å². The van der Waals surface area contributed by atoms with Gasteiger partial charge in [-0.2, -0.15) is 0 Å². The smallest absolute Gasteiger partial charge is 0.171 e. The molecule has 1 aliphatic heterocycles. The monoisotopic (exact) mass is 418 g/mol. The third-order valence-corrected chi connectivity index (χ3v) is 5.31. The van der Waals surface area contributed by atoms with Gasteiger partial charge < -0.3 is 15.5 Å². The third-order valence-electron chi connectivity index (χ3n) is 4.57. The Kier molecular flexibility index (Phi) is 6.84. The van der Waals surface area contributed by atoms with Crippen molar-refractivity contribution in [2.75, 3.05) is 18.4 Å². The summed E-state index contributed by atoms with van der Waals surface area (Å²) in [7, 11) is 0. The van der Waals surface area contributed by atoms with Gasteiger partial charge in [0.1, 0.15) is 6.54 Å². The highest BCUT2D eigenvalue weighted by Gasteiger charge is 2.13. The highest BCUT2D eigenvalue weighted by atomic mass is 79.9. The van der Waals surface area contributed by atoms with Crippen molar-refractivity contribution in [3.63, 3.8) is 0 Å². The van der Waals surface area contributed by atoms with Crippen LogP contribution in [0.25, 0.3) is 0 Å². The van der Waals surface area contributed by atoms with Crippen molar-refractivity contribution < 1.29 is 4.90 Å². The van der Waals surface area contributed by atoms with E-state index in [2.05, 4.69) is 50.8 Å². The first kappa shape index (κ1) is 18.4. The van der Waals surface area contributed by atoms with Crippen molar-refractivity contribution in [1.82, 2.24) is 5.32 Å². The van der Waals surface area contributed by atoms with Crippen molar-refractivity contribution >= 4 is 38.9 Å². The van der Waals surface area contributed by atoms with Gasteiger partial charge in [0.25, 0.3) is 0 Å². The van der Waals surface area contributed by atoms with Crippen LogP contribution in [0.15, 0.2) is 53.0 Å². The number of nitrogens with one attached hydrogen (secondary N) is 3. The number of hydrogen-bond donors (Lipinski definition) is 3. The molecule has 3 nitrogen and oxygen atoms in total. The van der Waals surface area contributed by atoms with Crippen LogP contribution in [0.1, 0.15) is 30.4 Å². The number of rotatable bonds is 5. The molecule has 1 saturated heterocycles. The van der Waals surface area contributed by atoms with Gasteiger partial charge in [-0.3, -0.25) is 0 Å². The van der Waals surface area contributed by atoms with Crippen LogP contribution in [0.3, 0.4) is 0 Å². The zero-order valence-corrected chi connectivity index (χ0v) is 16.8. The Balaban J connectivity index is 1.45. The molecule has 132 valence electrons. The van der Waals surface area contributed by atoms with Crippen LogP contribution in [-0.2, 0) is 13.1 Å². The van der Waals surface area contributed by atoms with E-state index in [4.69, 9.17) is 12.2 Å². The summed E-state index contributed by atoms with van der Waals surface area (Å²) < 4.78 is 1.03. The zero-order chi connectivity index (χ0) is 17.5. The summed E-state index contributed by atoms with van der Waals surface area (Å²) in [5.74, 6) is 0. The summed E-state index contributed by atoms with van der Waals surface area (Å²) in [5, 5.41) is 7.11. The minimum Gasteiger partial charge on any atom is -0.358 e. The molecule has 3 rings (SSSR count). The van der Waals surface area contributed by atoms with E-state index < -0.39 is 0 Å². The molecule has 0 bridgehead atoms. The average Bonchev–Trinajstić information content (AvgIpc) is 2.62. The predicted octanol–water partition coefficient (Wildman–Crippen LogP) is 3.50. The van der Waals surface area contributed by atoms with Crippen LogP contribution >= 0.6 is 28.1 Å². The van der Waals surface area contributed by atoms with Crippen LogP contribution in [-0.4, -0.2) is 18.2 Å². The molecule has 0 amide bonds. The van der Waals surface area contributed by atoms with Gasteiger partial charge in [0.05, 0.1) is 13.1 Å². The number of thiocarbonyl (C=S) groups is 1. The Labute approximate surface area is 163 Å². The fourth-order valence-electron chi connectivity index (χ4n) is 3.22. The maximum Gasteiger partial charge on any atom is 0.171 e. The lowest BCUT2D eigenvalue weighted by Gasteiger charge is -2.23. The second kappa shape index (κ2) is 9.32. The molecule has 2 aromatic carbocycles. The molecule has 5 heteroatoms. The number of anilines is 1. The predicted molar refractivity (Wildman–Crippen MR) is 112 cm³/mol. The van der Waals surface area contributed by atoms with Crippen molar-refractivity contribution in [2.45, 2.75) is 32.4 Å². The van der Waals surface area contributed by atoms with Crippen molar-refractivity contribution in [3.8, 4) is 0 Å². The molecular formula is C20H25BrN3S+. The molecule has 0 radical (unpaired) electrons. The number of benzene rings is 2. The summed E-state index contributed by atoms with van der Waals surface area (Å²) in [5.41, 5.74) is 3.65. The first-order valence-corrected chi connectivity index (χ1v) is 10.1. The molecule has 1 aliphatic rings. The lowest BCUT2D eigenvalue weighted by atomic mass is 10.1. The van der Waals surface area contributed by atoms with Crippen LogP contribution < -0.4 is 15.5 Å². The first-order chi connectivity index (χ1) is 12.2. The Hall–Kier alpha value is -1.43. The molecule has 0 unspecified atom stereocenters. The standard InChI is InChI=1S/C20H24BrN3S/c21-18-5-4-6-19(13-18)23-20(25)22-14-16-7-9-17(10-8-16)15-24-11-2-1-3-12-24/h4-10,13H,1-3,11-12,14-15H2,(H2,22,23,25)/p+1. The molecule has 25 heavy (non-hydrogen) atoms. The third kappa shape index (κ3) is 6.10. The Morgan fingerprint density at radius 3 is 2.44 bits per heavy atom. The number of piperidine rings is 1.